The van der Waals surface area contributed by atoms with Crippen LogP contribution in [0.3, 0.4) is 0 Å². The second-order valence-electron chi connectivity index (χ2n) is 20.2. The Balaban J connectivity index is 4.48. The molecule has 434 valence electrons. The summed E-state index contributed by atoms with van der Waals surface area (Å²) in [6.45, 7) is 6.32. The van der Waals surface area contributed by atoms with Crippen molar-refractivity contribution in [3.8, 4) is 0 Å². The molecule has 0 aliphatic rings. The van der Waals surface area contributed by atoms with E-state index in [0.717, 1.165) is 128 Å². The molecule has 0 bridgehead atoms. The summed E-state index contributed by atoms with van der Waals surface area (Å²) in [5, 5.41) is 0. The van der Waals surface area contributed by atoms with Gasteiger partial charge in [-0.15, -0.1) is 0 Å². The fourth-order valence-corrected chi connectivity index (χ4v) is 8.20. The van der Waals surface area contributed by atoms with E-state index in [0.29, 0.717) is 19.3 Å². The average Bonchev–Trinajstić information content (AvgIpc) is 3.43. The van der Waals surface area contributed by atoms with Gasteiger partial charge in [0.2, 0.25) is 0 Å². The standard InChI is InChI=1S/C71H114O6/c1-4-7-10-13-16-19-22-25-28-30-32-33-34-35-36-37-39-40-43-46-49-52-55-58-61-64-70(73)76-67-68(66-75-69(72)63-60-57-54-51-48-45-42-27-24-21-18-15-12-9-6-3)77-71(74)65-62-59-56-53-50-47-44-41-38-31-29-26-23-20-17-14-11-8-5-2/h8-9,11-12,17-18,20-22,25-27,29-30,32,34-35,38,41-42,47,50,56,59,68H,4-7,10,13-16,19,23-24,28,31,33,36-37,39-40,43-46,48-49,51-55,57-58,60-67H2,1-3H3/b11-8-,12-9-,20-17-,21-18-,25-22-,29-26-,32-30-,35-34-,41-38-,42-27-,50-47-,59-56-. The maximum Gasteiger partial charge on any atom is 0.306 e. The van der Waals surface area contributed by atoms with Gasteiger partial charge in [-0.1, -0.05) is 263 Å². The molecule has 0 heterocycles. The quantitative estimate of drug-likeness (QED) is 0.0261. The number of ether oxygens (including phenoxy) is 3. The number of allylic oxidation sites excluding steroid dienone is 24. The predicted molar refractivity (Wildman–Crippen MR) is 334 cm³/mol. The minimum Gasteiger partial charge on any atom is -0.462 e. The number of unbranched alkanes of at least 4 members (excludes halogenated alkanes) is 20. The second kappa shape index (κ2) is 63.8. The average molecular weight is 1060 g/mol. The van der Waals surface area contributed by atoms with Crippen LogP contribution >= 0.6 is 0 Å². The Kier molecular flexibility index (Phi) is 59.9. The number of hydrogen-bond acceptors (Lipinski definition) is 6. The van der Waals surface area contributed by atoms with Gasteiger partial charge in [-0.05, 0) is 128 Å². The van der Waals surface area contributed by atoms with E-state index in [2.05, 4.69) is 154 Å². The monoisotopic (exact) mass is 1060 g/mol. The molecule has 0 aliphatic heterocycles. The van der Waals surface area contributed by atoms with Crippen molar-refractivity contribution >= 4 is 17.9 Å². The summed E-state index contributed by atoms with van der Waals surface area (Å²) in [4.78, 5) is 38.3. The van der Waals surface area contributed by atoms with Gasteiger partial charge in [-0.2, -0.15) is 0 Å². The van der Waals surface area contributed by atoms with Crippen molar-refractivity contribution in [2.45, 2.75) is 271 Å². The van der Waals surface area contributed by atoms with Crippen LogP contribution < -0.4 is 0 Å². The smallest absolute Gasteiger partial charge is 0.306 e. The Morgan fingerprint density at radius 3 is 0.844 bits per heavy atom. The van der Waals surface area contributed by atoms with Gasteiger partial charge >= 0.3 is 17.9 Å². The van der Waals surface area contributed by atoms with E-state index < -0.39 is 12.1 Å². The van der Waals surface area contributed by atoms with Crippen molar-refractivity contribution in [3.05, 3.63) is 146 Å². The summed E-state index contributed by atoms with van der Waals surface area (Å²) in [6.07, 6.45) is 91.5. The molecule has 0 aliphatic carbocycles. The van der Waals surface area contributed by atoms with Crippen LogP contribution in [0.4, 0.5) is 0 Å². The molecular formula is C71H114O6. The molecule has 1 unspecified atom stereocenters. The van der Waals surface area contributed by atoms with Gasteiger partial charge < -0.3 is 14.2 Å². The van der Waals surface area contributed by atoms with E-state index >= 15 is 0 Å². The van der Waals surface area contributed by atoms with Gasteiger partial charge in [-0.25, -0.2) is 0 Å². The molecule has 0 amide bonds. The van der Waals surface area contributed by atoms with Gasteiger partial charge in [0.1, 0.15) is 13.2 Å². The largest absolute Gasteiger partial charge is 0.462 e. The Morgan fingerprint density at radius 2 is 0.532 bits per heavy atom. The van der Waals surface area contributed by atoms with E-state index in [-0.39, 0.29) is 31.6 Å². The number of carbonyl (C=O) groups excluding carboxylic acids is 3. The van der Waals surface area contributed by atoms with Gasteiger partial charge in [0.15, 0.2) is 6.10 Å². The molecule has 0 saturated carbocycles. The first-order chi connectivity index (χ1) is 38.0. The molecule has 0 aromatic rings. The van der Waals surface area contributed by atoms with Crippen LogP contribution in [0.1, 0.15) is 265 Å². The molecule has 0 spiro atoms. The lowest BCUT2D eigenvalue weighted by molar-refractivity contribution is -0.166. The zero-order chi connectivity index (χ0) is 55.7. The number of esters is 3. The first-order valence-electron chi connectivity index (χ1n) is 31.3. The van der Waals surface area contributed by atoms with E-state index in [1.807, 2.05) is 12.2 Å². The molecule has 0 saturated heterocycles. The van der Waals surface area contributed by atoms with Crippen molar-refractivity contribution in [2.75, 3.05) is 13.2 Å². The lowest BCUT2D eigenvalue weighted by Gasteiger charge is -2.18. The fraction of sp³-hybridized carbons (Fsp3) is 0.620. The molecule has 0 aromatic carbocycles. The third-order valence-corrected chi connectivity index (χ3v) is 12.8. The Bertz CT molecular complexity index is 1700. The zero-order valence-electron chi connectivity index (χ0n) is 49.7. The van der Waals surface area contributed by atoms with Crippen molar-refractivity contribution in [3.63, 3.8) is 0 Å². The Morgan fingerprint density at radius 1 is 0.273 bits per heavy atom. The fourth-order valence-electron chi connectivity index (χ4n) is 8.20. The number of carbonyl (C=O) groups is 3. The van der Waals surface area contributed by atoms with Crippen LogP contribution in [-0.4, -0.2) is 37.2 Å². The topological polar surface area (TPSA) is 78.9 Å². The Hall–Kier alpha value is -4.71. The number of rotatable bonds is 55. The van der Waals surface area contributed by atoms with Gasteiger partial charge in [0.05, 0.1) is 0 Å². The van der Waals surface area contributed by atoms with Crippen LogP contribution in [0, 0.1) is 0 Å². The summed E-state index contributed by atoms with van der Waals surface area (Å²) in [5.41, 5.74) is 0. The van der Waals surface area contributed by atoms with Crippen molar-refractivity contribution in [1.29, 1.82) is 0 Å². The second-order valence-corrected chi connectivity index (χ2v) is 20.2. The molecular weight excluding hydrogens is 949 g/mol. The van der Waals surface area contributed by atoms with Gasteiger partial charge in [0.25, 0.3) is 0 Å². The summed E-state index contributed by atoms with van der Waals surface area (Å²) < 4.78 is 16.8. The van der Waals surface area contributed by atoms with Crippen LogP contribution in [0.15, 0.2) is 146 Å². The molecule has 0 radical (unpaired) electrons. The minimum atomic E-state index is -0.835. The predicted octanol–water partition coefficient (Wildman–Crippen LogP) is 21.5. The molecule has 6 nitrogen and oxygen atoms in total. The minimum absolute atomic E-state index is 0.121. The summed E-state index contributed by atoms with van der Waals surface area (Å²) in [5.74, 6) is -1.03. The number of hydrogen-bond donors (Lipinski definition) is 0. The highest BCUT2D eigenvalue weighted by Gasteiger charge is 2.19. The Labute approximate surface area is 474 Å². The van der Waals surface area contributed by atoms with E-state index in [1.54, 1.807) is 0 Å². The molecule has 77 heavy (non-hydrogen) atoms. The molecule has 1 atom stereocenters. The van der Waals surface area contributed by atoms with Crippen LogP contribution in [-0.2, 0) is 28.6 Å². The normalized spacial score (nSPS) is 13.1. The first-order valence-corrected chi connectivity index (χ1v) is 31.3. The van der Waals surface area contributed by atoms with Crippen LogP contribution in [0.2, 0.25) is 0 Å². The maximum atomic E-state index is 12.9. The van der Waals surface area contributed by atoms with Crippen molar-refractivity contribution in [1.82, 2.24) is 0 Å². The van der Waals surface area contributed by atoms with E-state index in [4.69, 9.17) is 14.2 Å². The SMILES string of the molecule is CC/C=C\C/C=C\C/C=C\C/C=C\C/C=C\C/C=C\CCC(=O)OC(COC(=O)CCCCCCC/C=C\C/C=C\C/C=C\CC)COC(=O)CCCCCCCCCCCC/C=C\C/C=C\C/C=C\CCCCCCC. The highest BCUT2D eigenvalue weighted by Crippen LogP contribution is 2.14. The molecule has 0 rings (SSSR count). The lowest BCUT2D eigenvalue weighted by Crippen LogP contribution is -2.30. The molecule has 0 N–H and O–H groups in total. The maximum absolute atomic E-state index is 12.9. The third kappa shape index (κ3) is 62.0. The molecule has 0 aromatic heterocycles. The van der Waals surface area contributed by atoms with Crippen molar-refractivity contribution in [2.24, 2.45) is 0 Å². The van der Waals surface area contributed by atoms with Crippen LogP contribution in [0.25, 0.3) is 0 Å². The van der Waals surface area contributed by atoms with Gasteiger partial charge in [0, 0.05) is 19.3 Å². The summed E-state index contributed by atoms with van der Waals surface area (Å²) >= 11 is 0. The summed E-state index contributed by atoms with van der Waals surface area (Å²) in [6, 6.07) is 0. The molecule has 6 heteroatoms. The van der Waals surface area contributed by atoms with E-state index in [9.17, 15) is 14.4 Å². The van der Waals surface area contributed by atoms with E-state index in [1.165, 1.54) is 89.9 Å². The highest BCUT2D eigenvalue weighted by atomic mass is 16.6. The first kappa shape index (κ1) is 72.3. The zero-order valence-corrected chi connectivity index (χ0v) is 49.7. The van der Waals surface area contributed by atoms with Gasteiger partial charge in [-0.3, -0.25) is 14.4 Å². The highest BCUT2D eigenvalue weighted by molar-refractivity contribution is 5.71. The molecule has 0 fully saturated rings. The lowest BCUT2D eigenvalue weighted by atomic mass is 10.1. The third-order valence-electron chi connectivity index (χ3n) is 12.8. The van der Waals surface area contributed by atoms with Crippen LogP contribution in [0.5, 0.6) is 0 Å². The summed E-state index contributed by atoms with van der Waals surface area (Å²) in [7, 11) is 0. The van der Waals surface area contributed by atoms with Crippen molar-refractivity contribution < 1.29 is 28.6 Å².